The van der Waals surface area contributed by atoms with Crippen LogP contribution in [-0.4, -0.2) is 43.6 Å². The van der Waals surface area contributed by atoms with Gasteiger partial charge in [0.2, 0.25) is 0 Å². The molecule has 0 radical (unpaired) electrons. The highest BCUT2D eigenvalue weighted by molar-refractivity contribution is 9.10. The normalized spacial score (nSPS) is 15.1. The lowest BCUT2D eigenvalue weighted by atomic mass is 10.1. The van der Waals surface area contributed by atoms with Gasteiger partial charge in [0.25, 0.3) is 5.91 Å². The van der Waals surface area contributed by atoms with Gasteiger partial charge in [0.15, 0.2) is 0 Å². The first-order valence-corrected chi connectivity index (χ1v) is 6.82. The van der Waals surface area contributed by atoms with E-state index in [0.717, 1.165) is 24.1 Å². The van der Waals surface area contributed by atoms with Crippen molar-refractivity contribution in [2.45, 2.75) is 13.0 Å². The van der Waals surface area contributed by atoms with Gasteiger partial charge in [0.05, 0.1) is 18.7 Å². The maximum atomic E-state index is 12.5. The molecular weight excluding hydrogens is 296 g/mol. The van der Waals surface area contributed by atoms with Crippen LogP contribution in [0.2, 0.25) is 0 Å². The van der Waals surface area contributed by atoms with Crippen molar-refractivity contribution in [3.05, 3.63) is 28.2 Å². The maximum Gasteiger partial charge on any atom is 0.255 e. The maximum absolute atomic E-state index is 12.5. The van der Waals surface area contributed by atoms with Crippen molar-refractivity contribution in [3.8, 4) is 5.75 Å². The van der Waals surface area contributed by atoms with Crippen LogP contribution < -0.4 is 10.1 Å². The first-order chi connectivity index (χ1) is 8.67. The van der Waals surface area contributed by atoms with Gasteiger partial charge in [0.1, 0.15) is 5.75 Å². The second-order valence-electron chi connectivity index (χ2n) is 4.25. The lowest BCUT2D eigenvalue weighted by molar-refractivity contribution is 0.0629. The summed E-state index contributed by atoms with van der Waals surface area (Å²) in [4.78, 5) is 14.4. The molecule has 1 N–H and O–H groups in total. The quantitative estimate of drug-likeness (QED) is 0.923. The Bertz CT molecular complexity index is 447. The first kappa shape index (κ1) is 13.4. The molecule has 1 heterocycles. The van der Waals surface area contributed by atoms with Gasteiger partial charge in [-0.15, -0.1) is 0 Å². The zero-order valence-electron chi connectivity index (χ0n) is 10.6. The van der Waals surface area contributed by atoms with Crippen LogP contribution in [0.3, 0.4) is 0 Å². The minimum Gasteiger partial charge on any atom is -0.497 e. The van der Waals surface area contributed by atoms with E-state index in [9.17, 15) is 4.79 Å². The first-order valence-electron chi connectivity index (χ1n) is 6.02. The predicted molar refractivity (Wildman–Crippen MR) is 74.1 cm³/mol. The number of hydrogen-bond acceptors (Lipinski definition) is 3. The standard InChI is InChI=1S/C13H17BrN2O2/c1-3-16(9-7-15-8-9)13(17)11-6-10(18-2)4-5-12(11)14/h4-6,9,15H,3,7-8H2,1-2H3. The number of likely N-dealkylation sites (N-methyl/N-ethyl adjacent to an activating group) is 1. The van der Waals surface area contributed by atoms with E-state index >= 15 is 0 Å². The number of carbonyl (C=O) groups is 1. The molecule has 4 nitrogen and oxygen atoms in total. The highest BCUT2D eigenvalue weighted by atomic mass is 79.9. The van der Waals surface area contributed by atoms with Crippen LogP contribution in [0.25, 0.3) is 0 Å². The Morgan fingerprint density at radius 2 is 2.28 bits per heavy atom. The second-order valence-corrected chi connectivity index (χ2v) is 5.10. The molecule has 0 unspecified atom stereocenters. The molecule has 1 aliphatic rings. The summed E-state index contributed by atoms with van der Waals surface area (Å²) < 4.78 is 5.97. The minimum atomic E-state index is 0.0507. The molecule has 98 valence electrons. The molecule has 0 atom stereocenters. The molecule has 0 spiro atoms. The summed E-state index contributed by atoms with van der Waals surface area (Å²) in [6, 6.07) is 5.77. The van der Waals surface area contributed by atoms with E-state index in [-0.39, 0.29) is 5.91 Å². The van der Waals surface area contributed by atoms with E-state index in [0.29, 0.717) is 17.4 Å². The fourth-order valence-electron chi connectivity index (χ4n) is 2.01. The Morgan fingerprint density at radius 1 is 1.56 bits per heavy atom. The molecule has 0 aliphatic carbocycles. The van der Waals surface area contributed by atoms with Gasteiger partial charge >= 0.3 is 0 Å². The zero-order chi connectivity index (χ0) is 13.1. The molecule has 0 aromatic heterocycles. The fraction of sp³-hybridized carbons (Fsp3) is 0.462. The third-order valence-corrected chi connectivity index (χ3v) is 3.90. The van der Waals surface area contributed by atoms with Gasteiger partial charge in [-0.3, -0.25) is 4.79 Å². The summed E-state index contributed by atoms with van der Waals surface area (Å²) in [5.41, 5.74) is 0.656. The molecule has 0 bridgehead atoms. The van der Waals surface area contributed by atoms with Crippen LogP contribution in [0.15, 0.2) is 22.7 Å². The third-order valence-electron chi connectivity index (χ3n) is 3.21. The SMILES string of the molecule is CCN(C(=O)c1cc(OC)ccc1Br)C1CNC1. The van der Waals surface area contributed by atoms with Crippen molar-refractivity contribution in [2.75, 3.05) is 26.7 Å². The van der Waals surface area contributed by atoms with Crippen molar-refractivity contribution in [3.63, 3.8) is 0 Å². The second kappa shape index (κ2) is 5.71. The number of nitrogens with zero attached hydrogens (tertiary/aromatic N) is 1. The van der Waals surface area contributed by atoms with Crippen LogP contribution in [0, 0.1) is 0 Å². The lowest BCUT2D eigenvalue weighted by Gasteiger charge is -2.37. The van der Waals surface area contributed by atoms with Crippen molar-refractivity contribution in [1.29, 1.82) is 0 Å². The molecule has 1 aromatic rings. The molecule has 0 saturated carbocycles. The number of ether oxygens (including phenoxy) is 1. The number of nitrogens with one attached hydrogen (secondary N) is 1. The highest BCUT2D eigenvalue weighted by Crippen LogP contribution is 2.24. The van der Waals surface area contributed by atoms with E-state index in [4.69, 9.17) is 4.74 Å². The van der Waals surface area contributed by atoms with Gasteiger partial charge in [-0.2, -0.15) is 0 Å². The molecule has 1 aromatic carbocycles. The van der Waals surface area contributed by atoms with Crippen molar-refractivity contribution >= 4 is 21.8 Å². The summed E-state index contributed by atoms with van der Waals surface area (Å²) in [6.07, 6.45) is 0. The molecule has 5 heteroatoms. The molecule has 1 saturated heterocycles. The fourth-order valence-corrected chi connectivity index (χ4v) is 2.43. The van der Waals surface area contributed by atoms with Crippen LogP contribution >= 0.6 is 15.9 Å². The summed E-state index contributed by atoms with van der Waals surface area (Å²) >= 11 is 3.43. The molecule has 1 fully saturated rings. The molecular formula is C13H17BrN2O2. The monoisotopic (exact) mass is 312 g/mol. The molecule has 2 rings (SSSR count). The molecule has 1 aliphatic heterocycles. The Hall–Kier alpha value is -1.07. The zero-order valence-corrected chi connectivity index (χ0v) is 12.2. The van der Waals surface area contributed by atoms with E-state index in [1.165, 1.54) is 0 Å². The topological polar surface area (TPSA) is 41.6 Å². The largest absolute Gasteiger partial charge is 0.497 e. The van der Waals surface area contributed by atoms with Crippen LogP contribution in [0.1, 0.15) is 17.3 Å². The van der Waals surface area contributed by atoms with Gasteiger partial charge < -0.3 is 15.0 Å². The Balaban J connectivity index is 2.25. The summed E-state index contributed by atoms with van der Waals surface area (Å²) in [6.45, 7) is 4.47. The van der Waals surface area contributed by atoms with Crippen LogP contribution in [-0.2, 0) is 0 Å². The van der Waals surface area contributed by atoms with Gasteiger partial charge in [0, 0.05) is 24.1 Å². The minimum absolute atomic E-state index is 0.0507. The van der Waals surface area contributed by atoms with Gasteiger partial charge in [-0.05, 0) is 41.1 Å². The van der Waals surface area contributed by atoms with E-state index in [1.54, 1.807) is 13.2 Å². The number of amides is 1. The summed E-state index contributed by atoms with van der Waals surface area (Å²) in [5, 5.41) is 3.19. The van der Waals surface area contributed by atoms with E-state index < -0.39 is 0 Å². The Kier molecular flexibility index (Phi) is 4.24. The Labute approximate surface area is 115 Å². The average Bonchev–Trinajstić information content (AvgIpc) is 2.33. The summed E-state index contributed by atoms with van der Waals surface area (Å²) in [5.74, 6) is 0.749. The number of methoxy groups -OCH3 is 1. The van der Waals surface area contributed by atoms with Crippen molar-refractivity contribution in [2.24, 2.45) is 0 Å². The number of benzene rings is 1. The number of halogens is 1. The van der Waals surface area contributed by atoms with Crippen LogP contribution in [0.5, 0.6) is 5.75 Å². The molecule has 18 heavy (non-hydrogen) atoms. The number of rotatable bonds is 4. The van der Waals surface area contributed by atoms with Crippen LogP contribution in [0.4, 0.5) is 0 Å². The average molecular weight is 313 g/mol. The van der Waals surface area contributed by atoms with Crippen molar-refractivity contribution < 1.29 is 9.53 Å². The number of carbonyl (C=O) groups excluding carboxylic acids is 1. The van der Waals surface area contributed by atoms with Gasteiger partial charge in [-0.25, -0.2) is 0 Å². The molecule has 1 amide bonds. The number of hydrogen-bond donors (Lipinski definition) is 1. The van der Waals surface area contributed by atoms with Gasteiger partial charge in [-0.1, -0.05) is 0 Å². The van der Waals surface area contributed by atoms with E-state index in [1.807, 2.05) is 24.0 Å². The highest BCUT2D eigenvalue weighted by Gasteiger charge is 2.28. The predicted octanol–water partition coefficient (Wildman–Crippen LogP) is 1.89. The summed E-state index contributed by atoms with van der Waals surface area (Å²) in [7, 11) is 1.60. The lowest BCUT2D eigenvalue weighted by Crippen LogP contribution is -2.58. The Morgan fingerprint density at radius 3 is 2.78 bits per heavy atom. The van der Waals surface area contributed by atoms with Crippen molar-refractivity contribution in [1.82, 2.24) is 10.2 Å². The van der Waals surface area contributed by atoms with E-state index in [2.05, 4.69) is 21.2 Å². The smallest absolute Gasteiger partial charge is 0.255 e. The third kappa shape index (κ3) is 2.52.